The minimum atomic E-state index is -4.90. The van der Waals surface area contributed by atoms with E-state index in [4.69, 9.17) is 4.74 Å². The maximum Gasteiger partial charge on any atom is 1.00 e. The van der Waals surface area contributed by atoms with Crippen molar-refractivity contribution in [2.45, 2.75) is 66.2 Å². The SMILES string of the molecule is C[C@H](O[C@H](COS(=O)(=O)[O-])CN(C(C)(C)C)S(C)(=O)=O)C(C)(C)C.[K+]. The Morgan fingerprint density at radius 1 is 1.04 bits per heavy atom. The number of sulfonamides is 1. The van der Waals surface area contributed by atoms with Gasteiger partial charge in [-0.1, -0.05) is 20.8 Å². The van der Waals surface area contributed by atoms with Crippen molar-refractivity contribution in [2.75, 3.05) is 19.4 Å². The molecule has 0 aromatic heterocycles. The van der Waals surface area contributed by atoms with E-state index in [1.54, 1.807) is 27.7 Å². The number of rotatable bonds is 8. The average molecular weight is 428 g/mol. The summed E-state index contributed by atoms with van der Waals surface area (Å²) in [5.41, 5.74) is -0.997. The largest absolute Gasteiger partial charge is 1.00 e. The van der Waals surface area contributed by atoms with Crippen LogP contribution in [0.25, 0.3) is 0 Å². The van der Waals surface area contributed by atoms with Gasteiger partial charge in [-0.2, -0.15) is 4.31 Å². The van der Waals surface area contributed by atoms with E-state index >= 15 is 0 Å². The van der Waals surface area contributed by atoms with Gasteiger partial charge < -0.3 is 9.29 Å². The van der Waals surface area contributed by atoms with Gasteiger partial charge in [0.25, 0.3) is 0 Å². The summed E-state index contributed by atoms with van der Waals surface area (Å²) in [5, 5.41) is 0. The summed E-state index contributed by atoms with van der Waals surface area (Å²) in [6, 6.07) is 0. The van der Waals surface area contributed by atoms with Crippen LogP contribution in [0.2, 0.25) is 0 Å². The standard InChI is InChI=1S/C14H31NO7S2.K/c1-11(13(2,3)4)22-12(10-21-24(18,19)20)9-15(14(5,6)7)23(8,16)17;/h11-12H,9-10H2,1-8H3,(H,18,19,20);/q;+1/p-1/t11-,12-;/m0./s1. The Bertz CT molecular complexity index is 606. The molecule has 0 radical (unpaired) electrons. The van der Waals surface area contributed by atoms with Crippen molar-refractivity contribution in [1.82, 2.24) is 4.31 Å². The predicted octanol–water partition coefficient (Wildman–Crippen LogP) is -1.65. The van der Waals surface area contributed by atoms with Gasteiger partial charge in [0.1, 0.15) is 0 Å². The number of ether oxygens (including phenoxy) is 1. The smallest absolute Gasteiger partial charge is 0.726 e. The van der Waals surface area contributed by atoms with Crippen LogP contribution in [0.15, 0.2) is 0 Å². The monoisotopic (exact) mass is 427 g/mol. The molecule has 0 aromatic carbocycles. The van der Waals surface area contributed by atoms with Crippen LogP contribution in [0, 0.1) is 5.41 Å². The van der Waals surface area contributed by atoms with Crippen LogP contribution in [0.4, 0.5) is 0 Å². The third kappa shape index (κ3) is 12.4. The molecule has 0 aliphatic rings. The van der Waals surface area contributed by atoms with Crippen molar-refractivity contribution in [1.29, 1.82) is 0 Å². The minimum Gasteiger partial charge on any atom is -0.726 e. The fourth-order valence-corrected chi connectivity index (χ4v) is 3.63. The van der Waals surface area contributed by atoms with Gasteiger partial charge in [0.2, 0.25) is 20.4 Å². The van der Waals surface area contributed by atoms with Crippen LogP contribution in [0.5, 0.6) is 0 Å². The van der Waals surface area contributed by atoms with Gasteiger partial charge in [-0.15, -0.1) is 0 Å². The summed E-state index contributed by atoms with van der Waals surface area (Å²) in [4.78, 5) is 0. The molecule has 146 valence electrons. The van der Waals surface area contributed by atoms with E-state index in [1.807, 2.05) is 20.8 Å². The molecule has 0 aromatic rings. The molecule has 0 N–H and O–H groups in total. The third-order valence-electron chi connectivity index (χ3n) is 3.53. The van der Waals surface area contributed by atoms with Crippen LogP contribution in [0.1, 0.15) is 48.5 Å². The fraction of sp³-hybridized carbons (Fsp3) is 1.00. The Hall–Kier alpha value is 1.38. The van der Waals surface area contributed by atoms with Crippen molar-refractivity contribution >= 4 is 20.4 Å². The molecule has 0 aliphatic carbocycles. The maximum atomic E-state index is 12.0. The molecule has 0 saturated carbocycles. The van der Waals surface area contributed by atoms with E-state index in [1.165, 1.54) is 4.31 Å². The second-order valence-electron chi connectivity index (χ2n) is 7.92. The first-order valence-corrected chi connectivity index (χ1v) is 10.8. The molecule has 0 aliphatic heterocycles. The van der Waals surface area contributed by atoms with E-state index in [9.17, 15) is 21.4 Å². The molecule has 0 fully saturated rings. The van der Waals surface area contributed by atoms with E-state index in [2.05, 4.69) is 4.18 Å². The average Bonchev–Trinajstić information content (AvgIpc) is 2.26. The van der Waals surface area contributed by atoms with Gasteiger partial charge in [-0.05, 0) is 33.1 Å². The Morgan fingerprint density at radius 3 is 1.76 bits per heavy atom. The van der Waals surface area contributed by atoms with Crippen molar-refractivity contribution in [3.8, 4) is 0 Å². The molecule has 8 nitrogen and oxygen atoms in total. The summed E-state index contributed by atoms with van der Waals surface area (Å²) in [6.45, 7) is 12.0. The number of hydrogen-bond acceptors (Lipinski definition) is 7. The van der Waals surface area contributed by atoms with Crippen molar-refractivity contribution < 1.29 is 81.7 Å². The molecule has 0 saturated heterocycles. The van der Waals surface area contributed by atoms with Gasteiger partial charge in [0, 0.05) is 12.1 Å². The summed E-state index contributed by atoms with van der Waals surface area (Å²) >= 11 is 0. The van der Waals surface area contributed by atoms with E-state index in [-0.39, 0.29) is 69.4 Å². The molecule has 0 spiro atoms. The van der Waals surface area contributed by atoms with Gasteiger partial charge >= 0.3 is 51.4 Å². The topological polar surface area (TPSA) is 113 Å². The van der Waals surface area contributed by atoms with Crippen molar-refractivity contribution in [2.24, 2.45) is 5.41 Å². The molecule has 0 unspecified atom stereocenters. The molecule has 0 rings (SSSR count). The zero-order valence-electron chi connectivity index (χ0n) is 16.7. The second kappa shape index (κ2) is 10.2. The van der Waals surface area contributed by atoms with E-state index in [0.717, 1.165) is 6.26 Å². The van der Waals surface area contributed by atoms with Crippen molar-refractivity contribution in [3.05, 3.63) is 0 Å². The molecule has 0 amide bonds. The minimum absolute atomic E-state index is 0. The number of hydrogen-bond donors (Lipinski definition) is 0. The Labute approximate surface area is 195 Å². The second-order valence-corrected chi connectivity index (χ2v) is 10.9. The quantitative estimate of drug-likeness (QED) is 0.259. The third-order valence-corrected chi connectivity index (χ3v) is 5.45. The van der Waals surface area contributed by atoms with E-state index in [0.29, 0.717) is 0 Å². The van der Waals surface area contributed by atoms with Crippen LogP contribution in [0.3, 0.4) is 0 Å². The molecule has 0 heterocycles. The zero-order chi connectivity index (χ0) is 19.6. The van der Waals surface area contributed by atoms with Crippen LogP contribution < -0.4 is 51.4 Å². The molecular formula is C14H30KNO7S2. The summed E-state index contributed by atoms with van der Waals surface area (Å²) in [7, 11) is -8.47. The molecule has 25 heavy (non-hydrogen) atoms. The molecule has 0 bridgehead atoms. The predicted molar refractivity (Wildman–Crippen MR) is 90.7 cm³/mol. The summed E-state index contributed by atoms with van der Waals surface area (Å²) in [5.74, 6) is 0. The first-order valence-electron chi connectivity index (χ1n) is 7.57. The zero-order valence-corrected chi connectivity index (χ0v) is 21.4. The maximum absolute atomic E-state index is 12.0. The Kier molecular flexibility index (Phi) is 11.7. The van der Waals surface area contributed by atoms with Gasteiger partial charge in [0.05, 0.1) is 25.1 Å². The molecule has 11 heteroatoms. The normalized spacial score (nSPS) is 16.4. The fourth-order valence-electron chi connectivity index (χ4n) is 1.88. The number of nitrogens with zero attached hydrogens (tertiary/aromatic N) is 1. The molecular weight excluding hydrogens is 397 g/mol. The summed E-state index contributed by atoms with van der Waals surface area (Å²) in [6.07, 6.45) is -0.160. The Balaban J connectivity index is 0. The van der Waals surface area contributed by atoms with Gasteiger partial charge in [-0.3, -0.25) is 4.18 Å². The van der Waals surface area contributed by atoms with Gasteiger partial charge in [-0.25, -0.2) is 16.8 Å². The van der Waals surface area contributed by atoms with Crippen molar-refractivity contribution in [3.63, 3.8) is 0 Å². The molecule has 2 atom stereocenters. The first-order chi connectivity index (χ1) is 10.3. The van der Waals surface area contributed by atoms with Gasteiger partial charge in [0.15, 0.2) is 0 Å². The van der Waals surface area contributed by atoms with Crippen LogP contribution >= 0.6 is 0 Å². The first kappa shape index (κ1) is 28.6. The van der Waals surface area contributed by atoms with E-state index < -0.39 is 38.7 Å². The summed E-state index contributed by atoms with van der Waals surface area (Å²) < 4.78 is 67.6. The van der Waals surface area contributed by atoms with Crippen LogP contribution in [-0.2, 0) is 29.3 Å². The Morgan fingerprint density at radius 2 is 1.48 bits per heavy atom. The van der Waals surface area contributed by atoms with Crippen LogP contribution in [-0.4, -0.2) is 62.8 Å².